The Morgan fingerprint density at radius 1 is 1.33 bits per heavy atom. The Bertz CT molecular complexity index is 310. The number of ether oxygens (including phenoxy) is 1. The summed E-state index contributed by atoms with van der Waals surface area (Å²) in [5, 5.41) is 0. The van der Waals surface area contributed by atoms with Gasteiger partial charge in [-0.05, 0) is 19.3 Å². The van der Waals surface area contributed by atoms with Crippen LogP contribution in [0.15, 0.2) is 6.07 Å². The van der Waals surface area contributed by atoms with E-state index in [-0.39, 0.29) is 0 Å². The van der Waals surface area contributed by atoms with E-state index in [1.54, 1.807) is 0 Å². The molecule has 1 aromatic heterocycles. The standard InChI is InChI=1S/C12H20N2O/c1-5-6-15-12-8-10(4)13-11(14-12)7-9(2)3/h8-9H,5-7H2,1-4H3. The van der Waals surface area contributed by atoms with Gasteiger partial charge in [0.15, 0.2) is 0 Å². The molecule has 84 valence electrons. The normalized spacial score (nSPS) is 10.7. The van der Waals surface area contributed by atoms with Crippen molar-refractivity contribution in [3.8, 4) is 5.88 Å². The molecule has 0 radical (unpaired) electrons. The first-order valence-corrected chi connectivity index (χ1v) is 5.59. The summed E-state index contributed by atoms with van der Waals surface area (Å²) in [4.78, 5) is 8.77. The zero-order chi connectivity index (χ0) is 11.3. The van der Waals surface area contributed by atoms with Crippen LogP contribution in [0.25, 0.3) is 0 Å². The van der Waals surface area contributed by atoms with E-state index in [1.165, 1.54) is 0 Å². The first-order chi connectivity index (χ1) is 7.11. The molecule has 0 aliphatic rings. The zero-order valence-electron chi connectivity index (χ0n) is 10.1. The average Bonchev–Trinajstić information content (AvgIpc) is 2.12. The van der Waals surface area contributed by atoms with E-state index < -0.39 is 0 Å². The average molecular weight is 208 g/mol. The molecule has 0 saturated carbocycles. The van der Waals surface area contributed by atoms with Gasteiger partial charge in [0.1, 0.15) is 5.82 Å². The first kappa shape index (κ1) is 12.0. The van der Waals surface area contributed by atoms with Crippen LogP contribution in [-0.2, 0) is 6.42 Å². The molecule has 0 spiro atoms. The molecular formula is C12H20N2O. The summed E-state index contributed by atoms with van der Waals surface area (Å²) in [5.41, 5.74) is 0.978. The lowest BCUT2D eigenvalue weighted by atomic mass is 10.1. The SMILES string of the molecule is CCCOc1cc(C)nc(CC(C)C)n1. The van der Waals surface area contributed by atoms with Crippen LogP contribution in [0.3, 0.4) is 0 Å². The molecule has 0 bridgehead atoms. The molecule has 1 aromatic rings. The van der Waals surface area contributed by atoms with E-state index in [1.807, 2.05) is 13.0 Å². The number of hydrogen-bond acceptors (Lipinski definition) is 3. The van der Waals surface area contributed by atoms with E-state index in [0.717, 1.165) is 31.0 Å². The van der Waals surface area contributed by atoms with Gasteiger partial charge in [0.05, 0.1) is 6.61 Å². The molecule has 0 fully saturated rings. The van der Waals surface area contributed by atoms with Crippen LogP contribution in [0.5, 0.6) is 5.88 Å². The Morgan fingerprint density at radius 3 is 2.67 bits per heavy atom. The fraction of sp³-hybridized carbons (Fsp3) is 0.667. The highest BCUT2D eigenvalue weighted by Gasteiger charge is 2.05. The molecule has 0 aromatic carbocycles. The summed E-state index contributed by atoms with van der Waals surface area (Å²) in [6.07, 6.45) is 1.91. The van der Waals surface area contributed by atoms with Crippen LogP contribution in [-0.4, -0.2) is 16.6 Å². The molecular weight excluding hydrogens is 188 g/mol. The number of rotatable bonds is 5. The summed E-state index contributed by atoms with van der Waals surface area (Å²) >= 11 is 0. The van der Waals surface area contributed by atoms with Gasteiger partial charge in [0.25, 0.3) is 0 Å². The highest BCUT2D eigenvalue weighted by atomic mass is 16.5. The topological polar surface area (TPSA) is 35.0 Å². The van der Waals surface area contributed by atoms with Gasteiger partial charge in [0, 0.05) is 18.2 Å². The lowest BCUT2D eigenvalue weighted by Crippen LogP contribution is -2.05. The van der Waals surface area contributed by atoms with Crippen molar-refractivity contribution in [2.24, 2.45) is 5.92 Å². The lowest BCUT2D eigenvalue weighted by molar-refractivity contribution is 0.302. The highest BCUT2D eigenvalue weighted by Crippen LogP contribution is 2.11. The van der Waals surface area contributed by atoms with Crippen molar-refractivity contribution in [2.75, 3.05) is 6.61 Å². The highest BCUT2D eigenvalue weighted by molar-refractivity contribution is 5.15. The minimum atomic E-state index is 0.575. The third-order valence-corrected chi connectivity index (χ3v) is 1.92. The second-order valence-electron chi connectivity index (χ2n) is 4.21. The van der Waals surface area contributed by atoms with Gasteiger partial charge in [-0.1, -0.05) is 20.8 Å². The minimum absolute atomic E-state index is 0.575. The van der Waals surface area contributed by atoms with Crippen molar-refractivity contribution in [3.63, 3.8) is 0 Å². The summed E-state index contributed by atoms with van der Waals surface area (Å²) in [6.45, 7) is 9.11. The third-order valence-electron chi connectivity index (χ3n) is 1.92. The fourth-order valence-corrected chi connectivity index (χ4v) is 1.34. The summed E-state index contributed by atoms with van der Waals surface area (Å²) < 4.78 is 5.51. The Labute approximate surface area is 91.9 Å². The first-order valence-electron chi connectivity index (χ1n) is 5.59. The van der Waals surface area contributed by atoms with Crippen molar-refractivity contribution in [3.05, 3.63) is 17.6 Å². The van der Waals surface area contributed by atoms with E-state index >= 15 is 0 Å². The fourth-order valence-electron chi connectivity index (χ4n) is 1.34. The van der Waals surface area contributed by atoms with Gasteiger partial charge in [-0.2, -0.15) is 4.98 Å². The van der Waals surface area contributed by atoms with E-state index in [0.29, 0.717) is 11.8 Å². The van der Waals surface area contributed by atoms with Crippen molar-refractivity contribution in [1.82, 2.24) is 9.97 Å². The van der Waals surface area contributed by atoms with Gasteiger partial charge < -0.3 is 4.74 Å². The zero-order valence-corrected chi connectivity index (χ0v) is 10.1. The van der Waals surface area contributed by atoms with Gasteiger partial charge in [-0.15, -0.1) is 0 Å². The minimum Gasteiger partial charge on any atom is -0.478 e. The lowest BCUT2D eigenvalue weighted by Gasteiger charge is -2.08. The molecule has 15 heavy (non-hydrogen) atoms. The van der Waals surface area contributed by atoms with Crippen LogP contribution >= 0.6 is 0 Å². The second kappa shape index (κ2) is 5.69. The summed E-state index contributed by atoms with van der Waals surface area (Å²) in [6, 6.07) is 1.89. The molecule has 0 aliphatic heterocycles. The van der Waals surface area contributed by atoms with Gasteiger partial charge >= 0.3 is 0 Å². The maximum atomic E-state index is 5.51. The largest absolute Gasteiger partial charge is 0.478 e. The molecule has 0 atom stereocenters. The number of hydrogen-bond donors (Lipinski definition) is 0. The van der Waals surface area contributed by atoms with Crippen molar-refractivity contribution >= 4 is 0 Å². The molecule has 1 heterocycles. The van der Waals surface area contributed by atoms with Crippen molar-refractivity contribution in [1.29, 1.82) is 0 Å². The van der Waals surface area contributed by atoms with Gasteiger partial charge in [-0.3, -0.25) is 0 Å². The van der Waals surface area contributed by atoms with Crippen molar-refractivity contribution in [2.45, 2.75) is 40.5 Å². The molecule has 1 rings (SSSR count). The third kappa shape index (κ3) is 4.28. The van der Waals surface area contributed by atoms with Crippen molar-refractivity contribution < 1.29 is 4.74 Å². The Morgan fingerprint density at radius 2 is 2.07 bits per heavy atom. The predicted octanol–water partition coefficient (Wildman–Crippen LogP) is 2.77. The van der Waals surface area contributed by atoms with Crippen LogP contribution in [0, 0.1) is 12.8 Å². The Balaban J connectivity index is 2.75. The summed E-state index contributed by atoms with van der Waals surface area (Å²) in [5.74, 6) is 2.17. The molecule has 0 N–H and O–H groups in total. The van der Waals surface area contributed by atoms with E-state index in [4.69, 9.17) is 4.74 Å². The summed E-state index contributed by atoms with van der Waals surface area (Å²) in [7, 11) is 0. The predicted molar refractivity (Wildman–Crippen MR) is 61.1 cm³/mol. The molecule has 3 nitrogen and oxygen atoms in total. The molecule has 0 unspecified atom stereocenters. The molecule has 0 amide bonds. The number of nitrogens with zero attached hydrogens (tertiary/aromatic N) is 2. The number of aromatic nitrogens is 2. The van der Waals surface area contributed by atoms with Crippen LogP contribution in [0.4, 0.5) is 0 Å². The van der Waals surface area contributed by atoms with E-state index in [9.17, 15) is 0 Å². The maximum Gasteiger partial charge on any atom is 0.216 e. The molecule has 0 saturated heterocycles. The molecule has 3 heteroatoms. The Kier molecular flexibility index (Phi) is 4.53. The second-order valence-corrected chi connectivity index (χ2v) is 4.21. The Hall–Kier alpha value is -1.12. The van der Waals surface area contributed by atoms with Crippen LogP contribution in [0.2, 0.25) is 0 Å². The van der Waals surface area contributed by atoms with Crippen LogP contribution < -0.4 is 4.74 Å². The maximum absolute atomic E-state index is 5.51. The molecule has 0 aliphatic carbocycles. The van der Waals surface area contributed by atoms with Gasteiger partial charge in [0.2, 0.25) is 5.88 Å². The van der Waals surface area contributed by atoms with E-state index in [2.05, 4.69) is 30.7 Å². The number of aryl methyl sites for hydroxylation is 1. The van der Waals surface area contributed by atoms with Crippen LogP contribution in [0.1, 0.15) is 38.7 Å². The quantitative estimate of drug-likeness (QED) is 0.746. The smallest absolute Gasteiger partial charge is 0.216 e. The van der Waals surface area contributed by atoms with Gasteiger partial charge in [-0.25, -0.2) is 4.98 Å². The monoisotopic (exact) mass is 208 g/mol.